The Kier molecular flexibility index (Phi) is 5.06. The summed E-state index contributed by atoms with van der Waals surface area (Å²) in [6, 6.07) is 12.0. The van der Waals surface area contributed by atoms with E-state index in [2.05, 4.69) is 32.0 Å². The van der Waals surface area contributed by atoms with Gasteiger partial charge in [-0.3, -0.25) is 14.9 Å². The van der Waals surface area contributed by atoms with E-state index in [1.54, 1.807) is 23.7 Å². The molecule has 0 atom stereocenters. The highest BCUT2D eigenvalue weighted by Gasteiger charge is 2.19. The second-order valence-corrected chi connectivity index (χ2v) is 8.73. The first kappa shape index (κ1) is 18.4. The summed E-state index contributed by atoms with van der Waals surface area (Å²) < 4.78 is 0.784. The van der Waals surface area contributed by atoms with Crippen LogP contribution >= 0.6 is 22.9 Å². The van der Waals surface area contributed by atoms with Crippen molar-refractivity contribution in [2.45, 2.75) is 19.5 Å². The first-order valence-corrected chi connectivity index (χ1v) is 10.6. The highest BCUT2D eigenvalue weighted by atomic mass is 35.5. The minimum absolute atomic E-state index is 0.771. The highest BCUT2D eigenvalue weighted by Crippen LogP contribution is 2.30. The number of aromatic nitrogens is 4. The summed E-state index contributed by atoms with van der Waals surface area (Å²) in [6.45, 7) is 2.69. The number of nitrogens with zero attached hydrogens (tertiary/aromatic N) is 5. The first-order valence-electron chi connectivity index (χ1n) is 9.43. The molecule has 0 spiro atoms. The molecule has 5 heterocycles. The Morgan fingerprint density at radius 3 is 2.66 bits per heavy atom. The van der Waals surface area contributed by atoms with Gasteiger partial charge in [-0.15, -0.1) is 11.3 Å². The van der Waals surface area contributed by atoms with Gasteiger partial charge in [0.1, 0.15) is 0 Å². The van der Waals surface area contributed by atoms with E-state index in [-0.39, 0.29) is 0 Å². The predicted octanol–water partition coefficient (Wildman–Crippen LogP) is 4.87. The Bertz CT molecular complexity index is 1130. The average Bonchev–Trinajstić information content (AvgIpc) is 3.21. The summed E-state index contributed by atoms with van der Waals surface area (Å²) in [5, 5.41) is 0. The molecule has 0 aromatic carbocycles. The van der Waals surface area contributed by atoms with E-state index >= 15 is 0 Å². The maximum atomic E-state index is 6.03. The van der Waals surface area contributed by atoms with Crippen LogP contribution in [-0.2, 0) is 19.5 Å². The molecule has 1 aliphatic rings. The number of rotatable bonds is 4. The van der Waals surface area contributed by atoms with E-state index in [1.807, 2.05) is 36.7 Å². The molecule has 0 saturated heterocycles. The number of hydrogen-bond acceptors (Lipinski definition) is 6. The smallest absolute Gasteiger partial charge is 0.159 e. The molecule has 0 aliphatic carbocycles. The summed E-state index contributed by atoms with van der Waals surface area (Å²) in [7, 11) is 0. The zero-order chi connectivity index (χ0) is 19.6. The van der Waals surface area contributed by atoms with Crippen molar-refractivity contribution in [2.24, 2.45) is 0 Å². The van der Waals surface area contributed by atoms with Crippen LogP contribution in [0, 0.1) is 0 Å². The zero-order valence-electron chi connectivity index (χ0n) is 15.6. The van der Waals surface area contributed by atoms with Crippen LogP contribution in [0.3, 0.4) is 0 Å². The molecule has 0 radical (unpaired) electrons. The second-order valence-electron chi connectivity index (χ2n) is 7.02. The molecule has 7 heteroatoms. The fraction of sp³-hybridized carbons (Fsp3) is 0.182. The van der Waals surface area contributed by atoms with Gasteiger partial charge in [0.2, 0.25) is 0 Å². The lowest BCUT2D eigenvalue weighted by atomic mass is 10.1. The molecule has 0 N–H and O–H groups in total. The van der Waals surface area contributed by atoms with E-state index in [0.29, 0.717) is 0 Å². The molecule has 1 aliphatic heterocycles. The van der Waals surface area contributed by atoms with E-state index < -0.39 is 0 Å². The van der Waals surface area contributed by atoms with Crippen LogP contribution in [0.25, 0.3) is 22.0 Å². The molecule has 5 rings (SSSR count). The Balaban J connectivity index is 1.27. The van der Waals surface area contributed by atoms with Gasteiger partial charge in [-0.1, -0.05) is 17.7 Å². The van der Waals surface area contributed by atoms with Gasteiger partial charge in [0.05, 0.1) is 20.6 Å². The molecule has 29 heavy (non-hydrogen) atoms. The predicted molar refractivity (Wildman–Crippen MR) is 116 cm³/mol. The van der Waals surface area contributed by atoms with Crippen molar-refractivity contribution >= 4 is 22.9 Å². The van der Waals surface area contributed by atoms with Gasteiger partial charge in [-0.2, -0.15) is 0 Å². The van der Waals surface area contributed by atoms with Gasteiger partial charge < -0.3 is 0 Å². The molecule has 5 nitrogen and oxygen atoms in total. The first-order chi connectivity index (χ1) is 14.2. The molecule has 4 aromatic rings. The van der Waals surface area contributed by atoms with Crippen molar-refractivity contribution in [1.82, 2.24) is 24.8 Å². The van der Waals surface area contributed by atoms with Crippen LogP contribution < -0.4 is 0 Å². The van der Waals surface area contributed by atoms with Crippen molar-refractivity contribution in [3.8, 4) is 22.0 Å². The van der Waals surface area contributed by atoms with E-state index in [1.165, 1.54) is 11.1 Å². The van der Waals surface area contributed by atoms with Crippen LogP contribution in [0.15, 0.2) is 61.2 Å². The highest BCUT2D eigenvalue weighted by molar-refractivity contribution is 7.19. The maximum absolute atomic E-state index is 6.03. The van der Waals surface area contributed by atoms with Crippen LogP contribution in [0.4, 0.5) is 0 Å². The Morgan fingerprint density at radius 2 is 1.90 bits per heavy atom. The minimum Gasteiger partial charge on any atom is -0.294 e. The van der Waals surface area contributed by atoms with Gasteiger partial charge in [-0.05, 0) is 35.9 Å². The quantitative estimate of drug-likeness (QED) is 0.472. The average molecular weight is 420 g/mol. The summed E-state index contributed by atoms with van der Waals surface area (Å²) in [5.74, 6) is 0.771. The Morgan fingerprint density at radius 1 is 1.00 bits per heavy atom. The third kappa shape index (κ3) is 4.05. The van der Waals surface area contributed by atoms with Crippen LogP contribution in [0.1, 0.15) is 16.8 Å². The molecule has 0 bridgehead atoms. The molecule has 0 unspecified atom stereocenters. The molecular weight excluding hydrogens is 402 g/mol. The fourth-order valence-electron chi connectivity index (χ4n) is 3.52. The number of pyridine rings is 2. The number of halogens is 1. The second kappa shape index (κ2) is 7.99. The minimum atomic E-state index is 0.771. The number of thiophene rings is 1. The van der Waals surface area contributed by atoms with E-state index in [0.717, 1.165) is 58.0 Å². The van der Waals surface area contributed by atoms with Gasteiger partial charge in [0, 0.05) is 62.0 Å². The van der Waals surface area contributed by atoms with Crippen LogP contribution in [0.2, 0.25) is 4.34 Å². The zero-order valence-corrected chi connectivity index (χ0v) is 17.2. The van der Waals surface area contributed by atoms with E-state index in [4.69, 9.17) is 16.6 Å². The van der Waals surface area contributed by atoms with Crippen LogP contribution in [0.5, 0.6) is 0 Å². The lowest BCUT2D eigenvalue weighted by molar-refractivity contribution is 0.242. The topological polar surface area (TPSA) is 54.8 Å². The van der Waals surface area contributed by atoms with Crippen molar-refractivity contribution in [1.29, 1.82) is 0 Å². The summed E-state index contributed by atoms with van der Waals surface area (Å²) in [4.78, 5) is 21.5. The largest absolute Gasteiger partial charge is 0.294 e. The molecule has 0 amide bonds. The van der Waals surface area contributed by atoms with Gasteiger partial charge in [0.25, 0.3) is 0 Å². The lowest BCUT2D eigenvalue weighted by Crippen LogP contribution is -2.31. The standard InChI is InChI=1S/C22H18ClN5S/c23-21-4-3-20(29-21)19-2-1-15(11-25-19)13-28-10-7-18-17(14-28)12-26-22(27-18)16-5-8-24-9-6-16/h1-6,8-9,11-12H,7,10,13-14H2. The Labute approximate surface area is 178 Å². The van der Waals surface area contributed by atoms with Crippen molar-refractivity contribution in [2.75, 3.05) is 6.54 Å². The maximum Gasteiger partial charge on any atom is 0.159 e. The van der Waals surface area contributed by atoms with E-state index in [9.17, 15) is 0 Å². The van der Waals surface area contributed by atoms with Crippen molar-refractivity contribution in [3.63, 3.8) is 0 Å². The Hall–Kier alpha value is -2.67. The summed E-state index contributed by atoms with van der Waals surface area (Å²) in [5.41, 5.74) is 5.52. The molecule has 4 aromatic heterocycles. The fourth-order valence-corrected chi connectivity index (χ4v) is 4.54. The number of hydrogen-bond donors (Lipinski definition) is 0. The van der Waals surface area contributed by atoms with Gasteiger partial charge >= 0.3 is 0 Å². The van der Waals surface area contributed by atoms with Crippen molar-refractivity contribution in [3.05, 3.63) is 82.3 Å². The summed E-state index contributed by atoms with van der Waals surface area (Å²) >= 11 is 7.58. The van der Waals surface area contributed by atoms with Gasteiger partial charge in [0.15, 0.2) is 5.82 Å². The molecular formula is C22H18ClN5S. The normalized spacial score (nSPS) is 14.0. The SMILES string of the molecule is Clc1ccc(-c2ccc(CN3CCc4nc(-c5ccncc5)ncc4C3)cn2)s1. The monoisotopic (exact) mass is 419 g/mol. The van der Waals surface area contributed by atoms with Crippen molar-refractivity contribution < 1.29 is 0 Å². The molecule has 0 saturated carbocycles. The third-order valence-electron chi connectivity index (χ3n) is 5.01. The number of fused-ring (bicyclic) bond motifs is 1. The summed E-state index contributed by atoms with van der Waals surface area (Å²) in [6.07, 6.45) is 8.39. The van der Waals surface area contributed by atoms with Gasteiger partial charge in [-0.25, -0.2) is 9.97 Å². The van der Waals surface area contributed by atoms with Crippen LogP contribution in [-0.4, -0.2) is 31.4 Å². The molecule has 144 valence electrons. The lowest BCUT2D eigenvalue weighted by Gasteiger charge is -2.28. The molecule has 0 fully saturated rings. The third-order valence-corrected chi connectivity index (χ3v) is 6.26.